The van der Waals surface area contributed by atoms with Crippen LogP contribution in [0.3, 0.4) is 0 Å². The lowest BCUT2D eigenvalue weighted by atomic mass is 10.1. The third kappa shape index (κ3) is 6.51. The normalized spacial score (nSPS) is 11.0. The van der Waals surface area contributed by atoms with Crippen molar-refractivity contribution in [1.29, 1.82) is 0 Å². The highest BCUT2D eigenvalue weighted by molar-refractivity contribution is 7.92. The van der Waals surface area contributed by atoms with Crippen LogP contribution in [0.4, 0.5) is 11.4 Å². The van der Waals surface area contributed by atoms with Crippen molar-refractivity contribution < 1.29 is 17.9 Å². The van der Waals surface area contributed by atoms with Crippen LogP contribution in [0.25, 0.3) is 0 Å². The molecule has 0 fully saturated rings. The molecule has 0 aliphatic rings. The van der Waals surface area contributed by atoms with Gasteiger partial charge in [0.15, 0.2) is 0 Å². The van der Waals surface area contributed by atoms with Crippen LogP contribution in [0.1, 0.15) is 15.9 Å². The number of para-hydroxylation sites is 1. The zero-order valence-electron chi connectivity index (χ0n) is 21.3. The Labute approximate surface area is 238 Å². The number of rotatable bonds is 9. The quantitative estimate of drug-likeness (QED) is 0.197. The standard InChI is InChI=1S/C32H25ClN2O4S/c33-26-15-19-29(20-16-26)39-30-21-17-27(18-22-30)34-32(36)25-13-11-24(12-14-25)23-35(28-7-3-1-4-8-28)40(37,38)31-9-5-2-6-10-31/h1-22H,23H2,(H,34,36). The zero-order valence-corrected chi connectivity index (χ0v) is 22.8. The summed E-state index contributed by atoms with van der Waals surface area (Å²) in [5.74, 6) is 0.997. The molecule has 0 aliphatic heterocycles. The molecule has 6 nitrogen and oxygen atoms in total. The van der Waals surface area contributed by atoms with Crippen molar-refractivity contribution in [2.45, 2.75) is 11.4 Å². The van der Waals surface area contributed by atoms with Gasteiger partial charge >= 0.3 is 0 Å². The maximum atomic E-state index is 13.5. The summed E-state index contributed by atoms with van der Waals surface area (Å²) in [4.78, 5) is 13.1. The number of anilines is 2. The molecular weight excluding hydrogens is 544 g/mol. The molecule has 0 heterocycles. The summed E-state index contributed by atoms with van der Waals surface area (Å²) >= 11 is 5.91. The van der Waals surface area contributed by atoms with Crippen molar-refractivity contribution in [3.8, 4) is 11.5 Å². The Morgan fingerprint density at radius 2 is 1.25 bits per heavy atom. The maximum absolute atomic E-state index is 13.5. The van der Waals surface area contributed by atoms with Crippen molar-refractivity contribution in [1.82, 2.24) is 0 Å². The van der Waals surface area contributed by atoms with Crippen molar-refractivity contribution in [3.63, 3.8) is 0 Å². The van der Waals surface area contributed by atoms with Gasteiger partial charge in [0.25, 0.3) is 15.9 Å². The number of hydrogen-bond donors (Lipinski definition) is 1. The number of halogens is 1. The summed E-state index contributed by atoms with van der Waals surface area (Å²) in [6, 6.07) is 38.2. The largest absolute Gasteiger partial charge is 0.457 e. The Morgan fingerprint density at radius 3 is 1.85 bits per heavy atom. The molecule has 200 valence electrons. The van der Waals surface area contributed by atoms with E-state index >= 15 is 0 Å². The van der Waals surface area contributed by atoms with Gasteiger partial charge in [-0.15, -0.1) is 0 Å². The van der Waals surface area contributed by atoms with Crippen LogP contribution in [0.15, 0.2) is 138 Å². The molecule has 0 spiro atoms. The molecule has 0 atom stereocenters. The Bertz CT molecular complexity index is 1680. The number of carbonyl (C=O) groups excluding carboxylic acids is 1. The van der Waals surface area contributed by atoms with Gasteiger partial charge in [-0.3, -0.25) is 9.10 Å². The Kier molecular flexibility index (Phi) is 8.15. The van der Waals surface area contributed by atoms with E-state index in [0.717, 1.165) is 5.56 Å². The van der Waals surface area contributed by atoms with E-state index < -0.39 is 10.0 Å². The summed E-state index contributed by atoms with van der Waals surface area (Å²) in [5, 5.41) is 3.50. The second kappa shape index (κ2) is 12.1. The van der Waals surface area contributed by atoms with E-state index in [0.29, 0.717) is 33.5 Å². The topological polar surface area (TPSA) is 75.7 Å². The number of hydrogen-bond acceptors (Lipinski definition) is 4. The maximum Gasteiger partial charge on any atom is 0.264 e. The van der Waals surface area contributed by atoms with Crippen LogP contribution in [0.2, 0.25) is 5.02 Å². The number of nitrogens with one attached hydrogen (secondary N) is 1. The van der Waals surface area contributed by atoms with Gasteiger partial charge < -0.3 is 10.1 Å². The van der Waals surface area contributed by atoms with Gasteiger partial charge in [-0.25, -0.2) is 8.42 Å². The lowest BCUT2D eigenvalue weighted by molar-refractivity contribution is 0.102. The number of carbonyl (C=O) groups is 1. The van der Waals surface area contributed by atoms with Crippen LogP contribution >= 0.6 is 11.6 Å². The van der Waals surface area contributed by atoms with Crippen LogP contribution in [-0.2, 0) is 16.6 Å². The summed E-state index contributed by atoms with van der Waals surface area (Å²) in [7, 11) is -3.81. The van der Waals surface area contributed by atoms with Gasteiger partial charge in [-0.2, -0.15) is 0 Å². The fraction of sp³-hybridized carbons (Fsp3) is 0.0312. The van der Waals surface area contributed by atoms with E-state index in [1.165, 1.54) is 4.31 Å². The molecule has 1 N–H and O–H groups in total. The Hall–Kier alpha value is -4.59. The van der Waals surface area contributed by atoms with Crippen molar-refractivity contribution in [2.75, 3.05) is 9.62 Å². The molecule has 0 saturated carbocycles. The Balaban J connectivity index is 1.27. The molecule has 1 amide bonds. The van der Waals surface area contributed by atoms with Crippen molar-refractivity contribution >= 4 is 38.9 Å². The predicted molar refractivity (Wildman–Crippen MR) is 159 cm³/mol. The number of benzene rings is 5. The number of sulfonamides is 1. The van der Waals surface area contributed by atoms with E-state index in [2.05, 4.69) is 5.32 Å². The molecular formula is C32H25ClN2O4S. The summed E-state index contributed by atoms with van der Waals surface area (Å²) < 4.78 is 34.2. The summed E-state index contributed by atoms with van der Waals surface area (Å²) in [6.45, 7) is 0.109. The van der Waals surface area contributed by atoms with E-state index in [9.17, 15) is 13.2 Å². The molecule has 40 heavy (non-hydrogen) atoms. The molecule has 0 saturated heterocycles. The number of nitrogens with zero attached hydrogens (tertiary/aromatic N) is 1. The highest BCUT2D eigenvalue weighted by Crippen LogP contribution is 2.27. The second-order valence-electron chi connectivity index (χ2n) is 8.89. The minimum atomic E-state index is -3.81. The fourth-order valence-electron chi connectivity index (χ4n) is 4.00. The fourth-order valence-corrected chi connectivity index (χ4v) is 5.60. The number of amides is 1. The van der Waals surface area contributed by atoms with E-state index in [1.54, 1.807) is 127 Å². The van der Waals surface area contributed by atoms with E-state index in [1.807, 2.05) is 6.07 Å². The molecule has 5 aromatic rings. The lowest BCUT2D eigenvalue weighted by Crippen LogP contribution is -2.30. The average Bonchev–Trinajstić information content (AvgIpc) is 2.99. The minimum absolute atomic E-state index is 0.109. The van der Waals surface area contributed by atoms with Crippen molar-refractivity contribution in [3.05, 3.63) is 150 Å². The molecule has 0 aliphatic carbocycles. The first kappa shape index (κ1) is 27.0. The second-order valence-corrected chi connectivity index (χ2v) is 11.2. The predicted octanol–water partition coefficient (Wildman–Crippen LogP) is 7.78. The Morgan fingerprint density at radius 1 is 0.700 bits per heavy atom. The summed E-state index contributed by atoms with van der Waals surface area (Å²) in [5.41, 5.74) is 2.35. The summed E-state index contributed by atoms with van der Waals surface area (Å²) in [6.07, 6.45) is 0. The van der Waals surface area contributed by atoms with Crippen LogP contribution < -0.4 is 14.4 Å². The highest BCUT2D eigenvalue weighted by Gasteiger charge is 2.25. The van der Waals surface area contributed by atoms with Crippen LogP contribution in [0.5, 0.6) is 11.5 Å². The van der Waals surface area contributed by atoms with Gasteiger partial charge in [0.05, 0.1) is 17.1 Å². The first-order chi connectivity index (χ1) is 19.4. The van der Waals surface area contributed by atoms with Gasteiger partial charge in [0.2, 0.25) is 0 Å². The molecule has 0 radical (unpaired) electrons. The molecule has 0 bridgehead atoms. The van der Waals surface area contributed by atoms with Crippen LogP contribution in [0, 0.1) is 0 Å². The van der Waals surface area contributed by atoms with E-state index in [4.69, 9.17) is 16.3 Å². The van der Waals surface area contributed by atoms with Crippen molar-refractivity contribution in [2.24, 2.45) is 0 Å². The smallest absolute Gasteiger partial charge is 0.264 e. The molecule has 0 unspecified atom stereocenters. The van der Waals surface area contributed by atoms with Gasteiger partial charge in [0.1, 0.15) is 11.5 Å². The minimum Gasteiger partial charge on any atom is -0.457 e. The lowest BCUT2D eigenvalue weighted by Gasteiger charge is -2.25. The van der Waals surface area contributed by atoms with Crippen LogP contribution in [-0.4, -0.2) is 14.3 Å². The molecule has 8 heteroatoms. The zero-order chi connectivity index (χ0) is 28.0. The third-order valence-electron chi connectivity index (χ3n) is 6.08. The van der Waals surface area contributed by atoms with E-state index in [-0.39, 0.29) is 17.3 Å². The third-order valence-corrected chi connectivity index (χ3v) is 8.12. The first-order valence-electron chi connectivity index (χ1n) is 12.5. The average molecular weight is 569 g/mol. The van der Waals surface area contributed by atoms with Gasteiger partial charge in [-0.05, 0) is 90.5 Å². The highest BCUT2D eigenvalue weighted by atomic mass is 35.5. The first-order valence-corrected chi connectivity index (χ1v) is 14.3. The molecule has 5 rings (SSSR count). The van der Waals surface area contributed by atoms with Gasteiger partial charge in [-0.1, -0.05) is 60.1 Å². The number of ether oxygens (including phenoxy) is 1. The SMILES string of the molecule is O=C(Nc1ccc(Oc2ccc(Cl)cc2)cc1)c1ccc(CN(c2ccccc2)S(=O)(=O)c2ccccc2)cc1. The van der Waals surface area contributed by atoms with Gasteiger partial charge in [0, 0.05) is 16.3 Å². The molecule has 0 aromatic heterocycles. The molecule has 5 aromatic carbocycles. The monoisotopic (exact) mass is 568 g/mol.